The number of thiophene rings is 1. The molecule has 0 fully saturated rings. The van der Waals surface area contributed by atoms with E-state index in [1.807, 2.05) is 24.4 Å². The molecule has 2 aromatic rings. The molecule has 0 unspecified atom stereocenters. The van der Waals surface area contributed by atoms with Crippen molar-refractivity contribution in [1.82, 2.24) is 5.43 Å². The van der Waals surface area contributed by atoms with E-state index < -0.39 is 0 Å². The average Bonchev–Trinajstić information content (AvgIpc) is 3.01. The highest BCUT2D eigenvalue weighted by atomic mass is 32.1. The third kappa shape index (κ3) is 2.68. The summed E-state index contributed by atoms with van der Waals surface area (Å²) in [5.74, 6) is 0.348. The van der Waals surface area contributed by atoms with Gasteiger partial charge in [0.05, 0.1) is 22.4 Å². The van der Waals surface area contributed by atoms with Gasteiger partial charge in [-0.3, -0.25) is 4.79 Å². The third-order valence-electron chi connectivity index (χ3n) is 2.54. The topological polar surface area (TPSA) is 54.6 Å². The van der Waals surface area contributed by atoms with Crippen molar-refractivity contribution in [3.05, 3.63) is 46.0 Å². The monoisotopic (exact) mass is 262 g/mol. The minimum absolute atomic E-state index is 0.247. The highest BCUT2D eigenvalue weighted by Crippen LogP contribution is 2.12. The second-order valence-corrected chi connectivity index (χ2v) is 4.67. The predicted octanol–water partition coefficient (Wildman–Crippen LogP) is 3.19. The van der Waals surface area contributed by atoms with Crippen LogP contribution in [0.25, 0.3) is 0 Å². The number of aryl methyl sites for hydroxylation is 1. The lowest BCUT2D eigenvalue weighted by Crippen LogP contribution is -2.19. The van der Waals surface area contributed by atoms with Crippen LogP contribution in [-0.2, 0) is 0 Å². The second-order valence-electron chi connectivity index (χ2n) is 3.72. The lowest BCUT2D eigenvalue weighted by Gasteiger charge is -2.02. The number of furan rings is 1. The summed E-state index contributed by atoms with van der Waals surface area (Å²) in [7, 11) is 0. The summed E-state index contributed by atoms with van der Waals surface area (Å²) in [4.78, 5) is 12.9. The van der Waals surface area contributed by atoms with Gasteiger partial charge in [0.2, 0.25) is 0 Å². The summed E-state index contributed by atoms with van der Waals surface area (Å²) in [6.45, 7) is 3.76. The molecular formula is C13H14N2O2S. The maximum Gasteiger partial charge on any atom is 0.274 e. The van der Waals surface area contributed by atoms with Crippen molar-refractivity contribution in [1.29, 1.82) is 0 Å². The first-order chi connectivity index (χ1) is 8.72. The fourth-order valence-electron chi connectivity index (χ4n) is 1.55. The Morgan fingerprint density at radius 1 is 1.50 bits per heavy atom. The van der Waals surface area contributed by atoms with E-state index in [2.05, 4.69) is 10.5 Å². The number of carbonyl (C=O) groups is 1. The molecule has 0 aliphatic heterocycles. The molecule has 1 amide bonds. The van der Waals surface area contributed by atoms with Gasteiger partial charge in [-0.2, -0.15) is 5.10 Å². The zero-order valence-electron chi connectivity index (χ0n) is 10.3. The molecule has 0 aliphatic rings. The molecule has 0 atom stereocenters. The van der Waals surface area contributed by atoms with Gasteiger partial charge in [-0.1, -0.05) is 13.0 Å². The number of rotatable bonds is 4. The lowest BCUT2D eigenvalue weighted by molar-refractivity contribution is 0.0953. The van der Waals surface area contributed by atoms with Crippen LogP contribution in [0.5, 0.6) is 0 Å². The molecule has 2 heterocycles. The Morgan fingerprint density at radius 3 is 2.89 bits per heavy atom. The van der Waals surface area contributed by atoms with Crippen molar-refractivity contribution in [3.63, 3.8) is 0 Å². The highest BCUT2D eigenvalue weighted by Gasteiger charge is 2.11. The second kappa shape index (κ2) is 5.64. The Kier molecular flexibility index (Phi) is 3.94. The van der Waals surface area contributed by atoms with E-state index in [9.17, 15) is 4.79 Å². The van der Waals surface area contributed by atoms with E-state index in [1.165, 1.54) is 6.26 Å². The largest absolute Gasteiger partial charge is 0.469 e. The van der Waals surface area contributed by atoms with Gasteiger partial charge in [-0.15, -0.1) is 11.3 Å². The van der Waals surface area contributed by atoms with Crippen LogP contribution in [0.4, 0.5) is 0 Å². The van der Waals surface area contributed by atoms with Crippen LogP contribution in [-0.4, -0.2) is 11.6 Å². The number of hydrogen-bond acceptors (Lipinski definition) is 4. The highest BCUT2D eigenvalue weighted by molar-refractivity contribution is 7.12. The van der Waals surface area contributed by atoms with Gasteiger partial charge in [-0.05, 0) is 30.9 Å². The molecule has 0 aliphatic carbocycles. The fraction of sp³-hybridized carbons (Fsp3) is 0.231. The summed E-state index contributed by atoms with van der Waals surface area (Å²) in [5.41, 5.74) is 3.95. The van der Waals surface area contributed by atoms with Crippen LogP contribution in [0.15, 0.2) is 39.4 Å². The first-order valence-corrected chi connectivity index (χ1v) is 6.55. The molecule has 0 spiro atoms. The van der Waals surface area contributed by atoms with E-state index in [-0.39, 0.29) is 5.91 Å². The lowest BCUT2D eigenvalue weighted by atomic mass is 10.2. The Balaban J connectivity index is 2.10. The Morgan fingerprint density at radius 2 is 2.33 bits per heavy atom. The molecule has 2 aromatic heterocycles. The summed E-state index contributed by atoms with van der Waals surface area (Å²) in [6, 6.07) is 5.59. The van der Waals surface area contributed by atoms with Crippen LogP contribution in [0.3, 0.4) is 0 Å². The van der Waals surface area contributed by atoms with E-state index in [4.69, 9.17) is 4.42 Å². The van der Waals surface area contributed by atoms with Crippen LogP contribution < -0.4 is 5.43 Å². The van der Waals surface area contributed by atoms with Crippen molar-refractivity contribution in [2.24, 2.45) is 5.10 Å². The Labute approximate surface area is 109 Å². The molecule has 0 radical (unpaired) electrons. The minimum Gasteiger partial charge on any atom is -0.469 e. The number of hydrazone groups is 1. The van der Waals surface area contributed by atoms with Gasteiger partial charge in [0.25, 0.3) is 5.91 Å². The van der Waals surface area contributed by atoms with Gasteiger partial charge in [0.15, 0.2) is 0 Å². The maximum atomic E-state index is 11.8. The van der Waals surface area contributed by atoms with E-state index in [1.54, 1.807) is 24.3 Å². The Bertz CT molecular complexity index is 555. The van der Waals surface area contributed by atoms with Gasteiger partial charge in [-0.25, -0.2) is 5.43 Å². The normalized spacial score (nSPS) is 11.6. The van der Waals surface area contributed by atoms with Crippen molar-refractivity contribution in [3.8, 4) is 0 Å². The Hall–Kier alpha value is -1.88. The summed E-state index contributed by atoms with van der Waals surface area (Å²) in [6.07, 6.45) is 2.26. The summed E-state index contributed by atoms with van der Waals surface area (Å²) < 4.78 is 5.08. The molecule has 5 heteroatoms. The zero-order chi connectivity index (χ0) is 13.0. The molecule has 94 valence electrons. The molecule has 18 heavy (non-hydrogen) atoms. The van der Waals surface area contributed by atoms with Crippen molar-refractivity contribution < 1.29 is 9.21 Å². The van der Waals surface area contributed by atoms with Gasteiger partial charge < -0.3 is 4.42 Å². The molecule has 2 rings (SSSR count). The number of hydrogen-bond donors (Lipinski definition) is 1. The fourth-order valence-corrected chi connectivity index (χ4v) is 2.34. The van der Waals surface area contributed by atoms with Crippen LogP contribution in [0.2, 0.25) is 0 Å². The number of amides is 1. The molecule has 0 aromatic carbocycles. The average molecular weight is 262 g/mol. The number of carbonyl (C=O) groups excluding carboxylic acids is 1. The molecule has 0 bridgehead atoms. The molecule has 1 N–H and O–H groups in total. The van der Waals surface area contributed by atoms with E-state index >= 15 is 0 Å². The van der Waals surface area contributed by atoms with Crippen LogP contribution in [0, 0.1) is 6.92 Å². The summed E-state index contributed by atoms with van der Waals surface area (Å²) in [5, 5.41) is 6.16. The smallest absolute Gasteiger partial charge is 0.274 e. The van der Waals surface area contributed by atoms with Gasteiger partial charge in [0.1, 0.15) is 5.76 Å². The molecule has 4 nitrogen and oxygen atoms in total. The number of nitrogens with one attached hydrogen (secondary N) is 1. The van der Waals surface area contributed by atoms with Crippen LogP contribution >= 0.6 is 11.3 Å². The van der Waals surface area contributed by atoms with Crippen molar-refractivity contribution in [2.45, 2.75) is 20.3 Å². The number of nitrogens with zero attached hydrogens (tertiary/aromatic N) is 1. The zero-order valence-corrected chi connectivity index (χ0v) is 11.1. The standard InChI is InChI=1S/C13H14N2O2S/c1-3-11(12-5-4-8-18-12)14-15-13(16)10-6-7-17-9(10)2/h4-8H,3H2,1-2H3,(H,15,16)/b14-11-. The van der Waals surface area contributed by atoms with Gasteiger partial charge in [0, 0.05) is 0 Å². The SMILES string of the molecule is CC/C(=N/NC(=O)c1ccoc1C)c1cccs1. The molecular weight excluding hydrogens is 248 g/mol. The molecule has 0 saturated heterocycles. The minimum atomic E-state index is -0.247. The third-order valence-corrected chi connectivity index (χ3v) is 3.46. The predicted molar refractivity (Wildman–Crippen MR) is 72.1 cm³/mol. The van der Waals surface area contributed by atoms with E-state index in [0.717, 1.165) is 17.0 Å². The van der Waals surface area contributed by atoms with Gasteiger partial charge >= 0.3 is 0 Å². The quantitative estimate of drug-likeness (QED) is 0.679. The molecule has 0 saturated carbocycles. The first-order valence-electron chi connectivity index (χ1n) is 5.67. The van der Waals surface area contributed by atoms with Crippen molar-refractivity contribution in [2.75, 3.05) is 0 Å². The first kappa shape index (κ1) is 12.6. The van der Waals surface area contributed by atoms with Crippen molar-refractivity contribution >= 4 is 23.0 Å². The summed E-state index contributed by atoms with van der Waals surface area (Å²) >= 11 is 1.61. The van der Waals surface area contributed by atoms with Crippen LogP contribution in [0.1, 0.15) is 34.3 Å². The maximum absolute atomic E-state index is 11.8. The van der Waals surface area contributed by atoms with E-state index in [0.29, 0.717) is 11.3 Å².